The first kappa shape index (κ1) is 14.0. The first-order valence-electron chi connectivity index (χ1n) is 6.42. The van der Waals surface area contributed by atoms with Gasteiger partial charge < -0.3 is 19.8 Å². The fraction of sp³-hybridized carbons (Fsp3) is 0.750. The van der Waals surface area contributed by atoms with Gasteiger partial charge in [0.15, 0.2) is 0 Å². The largest absolute Gasteiger partial charge is 0.394 e. The Bertz CT molecular complexity index is 452. The normalized spacial score (nSPS) is 19.7. The van der Waals surface area contributed by atoms with Gasteiger partial charge in [0.2, 0.25) is 5.89 Å². The summed E-state index contributed by atoms with van der Waals surface area (Å²) in [4.78, 5) is 17.8. The lowest BCUT2D eigenvalue weighted by Crippen LogP contribution is -2.48. The summed E-state index contributed by atoms with van der Waals surface area (Å²) in [5, 5.41) is 16.2. The van der Waals surface area contributed by atoms with Crippen LogP contribution in [0.3, 0.4) is 0 Å². The zero-order chi connectivity index (χ0) is 14.0. The number of hydrogen-bond acceptors (Lipinski definition) is 6. The average Bonchev–Trinajstić information content (AvgIpc) is 3.06. The SMILES string of the molecule is CN(C(=O)c1noc(C2CCCN2)n1)C(C)(C)CO. The molecule has 0 bridgehead atoms. The van der Waals surface area contributed by atoms with Crippen LogP contribution in [0, 0.1) is 0 Å². The number of nitrogens with one attached hydrogen (secondary N) is 1. The molecule has 1 aromatic rings. The van der Waals surface area contributed by atoms with E-state index < -0.39 is 5.54 Å². The number of carbonyl (C=O) groups excluding carboxylic acids is 1. The van der Waals surface area contributed by atoms with E-state index in [0.29, 0.717) is 5.89 Å². The summed E-state index contributed by atoms with van der Waals surface area (Å²) in [6, 6.07) is 0.0465. The van der Waals surface area contributed by atoms with Gasteiger partial charge in [0, 0.05) is 7.05 Å². The molecule has 0 radical (unpaired) electrons. The van der Waals surface area contributed by atoms with Crippen LogP contribution in [0.5, 0.6) is 0 Å². The molecule has 1 fully saturated rings. The molecule has 0 saturated carbocycles. The standard InChI is InChI=1S/C12H20N4O3/c1-12(2,7-17)16(3)11(18)9-14-10(19-15-9)8-5-4-6-13-8/h8,13,17H,4-7H2,1-3H3. The minimum Gasteiger partial charge on any atom is -0.394 e. The Hall–Kier alpha value is -1.47. The van der Waals surface area contributed by atoms with Gasteiger partial charge in [-0.2, -0.15) is 4.98 Å². The van der Waals surface area contributed by atoms with Crippen LogP contribution in [0.1, 0.15) is 49.2 Å². The van der Waals surface area contributed by atoms with Gasteiger partial charge in [-0.25, -0.2) is 0 Å². The van der Waals surface area contributed by atoms with E-state index in [1.165, 1.54) is 4.90 Å². The van der Waals surface area contributed by atoms with E-state index in [1.54, 1.807) is 20.9 Å². The highest BCUT2D eigenvalue weighted by molar-refractivity contribution is 5.90. The molecule has 2 rings (SSSR count). The summed E-state index contributed by atoms with van der Waals surface area (Å²) < 4.78 is 5.13. The Kier molecular flexibility index (Phi) is 3.86. The highest BCUT2D eigenvalue weighted by Gasteiger charge is 2.31. The van der Waals surface area contributed by atoms with E-state index in [2.05, 4.69) is 15.5 Å². The van der Waals surface area contributed by atoms with Crippen molar-refractivity contribution in [2.24, 2.45) is 0 Å². The van der Waals surface area contributed by atoms with Crippen molar-refractivity contribution < 1.29 is 14.4 Å². The van der Waals surface area contributed by atoms with Gasteiger partial charge in [0.05, 0.1) is 18.2 Å². The van der Waals surface area contributed by atoms with Crippen molar-refractivity contribution in [2.75, 3.05) is 20.2 Å². The van der Waals surface area contributed by atoms with Crippen LogP contribution in [-0.4, -0.2) is 51.8 Å². The van der Waals surface area contributed by atoms with Crippen molar-refractivity contribution in [3.05, 3.63) is 11.7 Å². The van der Waals surface area contributed by atoms with Crippen LogP contribution in [-0.2, 0) is 0 Å². The lowest BCUT2D eigenvalue weighted by atomic mass is 10.1. The van der Waals surface area contributed by atoms with E-state index >= 15 is 0 Å². The van der Waals surface area contributed by atoms with Crippen LogP contribution >= 0.6 is 0 Å². The van der Waals surface area contributed by atoms with Gasteiger partial charge in [0.25, 0.3) is 11.7 Å². The average molecular weight is 268 g/mol. The fourth-order valence-corrected chi connectivity index (χ4v) is 1.89. The van der Waals surface area contributed by atoms with Crippen molar-refractivity contribution in [1.82, 2.24) is 20.4 Å². The van der Waals surface area contributed by atoms with E-state index in [1.807, 2.05) is 0 Å². The van der Waals surface area contributed by atoms with Crippen LogP contribution in [0.2, 0.25) is 0 Å². The Morgan fingerprint density at radius 2 is 2.37 bits per heavy atom. The second-order valence-electron chi connectivity index (χ2n) is 5.44. The maximum atomic E-state index is 12.2. The monoisotopic (exact) mass is 268 g/mol. The van der Waals surface area contributed by atoms with Gasteiger partial charge in [-0.1, -0.05) is 5.16 Å². The molecule has 2 heterocycles. The lowest BCUT2D eigenvalue weighted by Gasteiger charge is -2.32. The molecular formula is C12H20N4O3. The number of aliphatic hydroxyl groups is 1. The van der Waals surface area contributed by atoms with E-state index in [9.17, 15) is 9.90 Å². The quantitative estimate of drug-likeness (QED) is 0.818. The van der Waals surface area contributed by atoms with E-state index in [0.717, 1.165) is 19.4 Å². The third-order valence-corrected chi connectivity index (χ3v) is 3.59. The van der Waals surface area contributed by atoms with Crippen molar-refractivity contribution in [3.63, 3.8) is 0 Å². The number of aliphatic hydroxyl groups excluding tert-OH is 1. The highest BCUT2D eigenvalue weighted by atomic mass is 16.5. The Morgan fingerprint density at radius 3 is 2.95 bits per heavy atom. The molecule has 1 atom stereocenters. The molecule has 19 heavy (non-hydrogen) atoms. The molecule has 7 nitrogen and oxygen atoms in total. The Labute approximate surface area is 112 Å². The number of amides is 1. The first-order valence-corrected chi connectivity index (χ1v) is 6.42. The summed E-state index contributed by atoms with van der Waals surface area (Å²) in [5.74, 6) is 0.135. The summed E-state index contributed by atoms with van der Waals surface area (Å²) in [7, 11) is 1.61. The predicted molar refractivity (Wildman–Crippen MR) is 67.5 cm³/mol. The van der Waals surface area contributed by atoms with Gasteiger partial charge in [-0.05, 0) is 33.2 Å². The van der Waals surface area contributed by atoms with Gasteiger partial charge in [0.1, 0.15) is 0 Å². The molecule has 0 spiro atoms. The number of rotatable bonds is 4. The molecule has 7 heteroatoms. The zero-order valence-electron chi connectivity index (χ0n) is 11.5. The zero-order valence-corrected chi connectivity index (χ0v) is 11.5. The summed E-state index contributed by atoms with van der Waals surface area (Å²) in [5.41, 5.74) is -0.663. The van der Waals surface area contributed by atoms with Crippen LogP contribution in [0.25, 0.3) is 0 Å². The summed E-state index contributed by atoms with van der Waals surface area (Å²) in [6.07, 6.45) is 2.00. The number of likely N-dealkylation sites (N-methyl/N-ethyl adjacent to an activating group) is 1. The van der Waals surface area contributed by atoms with Crippen LogP contribution in [0.4, 0.5) is 0 Å². The highest BCUT2D eigenvalue weighted by Crippen LogP contribution is 2.22. The third kappa shape index (κ3) is 2.76. The second-order valence-corrected chi connectivity index (χ2v) is 5.44. The number of aromatic nitrogens is 2. The van der Waals surface area contributed by atoms with Gasteiger partial charge in [-0.15, -0.1) is 0 Å². The third-order valence-electron chi connectivity index (χ3n) is 3.59. The molecule has 1 aromatic heterocycles. The topological polar surface area (TPSA) is 91.5 Å². The minimum atomic E-state index is -0.663. The number of nitrogens with zero attached hydrogens (tertiary/aromatic N) is 3. The maximum absolute atomic E-state index is 12.2. The fourth-order valence-electron chi connectivity index (χ4n) is 1.89. The molecule has 0 aliphatic carbocycles. The van der Waals surface area contributed by atoms with Crippen molar-refractivity contribution in [1.29, 1.82) is 0 Å². The molecule has 1 saturated heterocycles. The van der Waals surface area contributed by atoms with E-state index in [-0.39, 0.29) is 24.4 Å². The molecule has 1 aliphatic heterocycles. The van der Waals surface area contributed by atoms with Crippen molar-refractivity contribution >= 4 is 5.91 Å². The number of carbonyl (C=O) groups is 1. The summed E-state index contributed by atoms with van der Waals surface area (Å²) >= 11 is 0. The van der Waals surface area contributed by atoms with E-state index in [4.69, 9.17) is 4.52 Å². The minimum absolute atomic E-state index is 0.0349. The second kappa shape index (κ2) is 5.26. The smallest absolute Gasteiger partial charge is 0.295 e. The molecule has 2 N–H and O–H groups in total. The van der Waals surface area contributed by atoms with Crippen molar-refractivity contribution in [2.45, 2.75) is 38.3 Å². The molecule has 1 unspecified atom stereocenters. The van der Waals surface area contributed by atoms with Crippen LogP contribution < -0.4 is 5.32 Å². The predicted octanol–water partition coefficient (Wildman–Crippen LogP) is 0.337. The summed E-state index contributed by atoms with van der Waals surface area (Å²) in [6.45, 7) is 4.33. The molecular weight excluding hydrogens is 248 g/mol. The Balaban J connectivity index is 2.11. The lowest BCUT2D eigenvalue weighted by molar-refractivity contribution is 0.0459. The van der Waals surface area contributed by atoms with Gasteiger partial charge >= 0.3 is 0 Å². The van der Waals surface area contributed by atoms with Crippen molar-refractivity contribution in [3.8, 4) is 0 Å². The molecule has 0 aromatic carbocycles. The Morgan fingerprint density at radius 1 is 1.63 bits per heavy atom. The maximum Gasteiger partial charge on any atom is 0.295 e. The van der Waals surface area contributed by atoms with Crippen LogP contribution in [0.15, 0.2) is 4.52 Å². The molecule has 1 amide bonds. The first-order chi connectivity index (χ1) is 8.95. The molecule has 106 valence electrons. The van der Waals surface area contributed by atoms with Gasteiger partial charge in [-0.3, -0.25) is 4.79 Å². The number of hydrogen-bond donors (Lipinski definition) is 2. The molecule has 1 aliphatic rings.